The van der Waals surface area contributed by atoms with E-state index in [1.165, 1.54) is 0 Å². The first-order valence-corrected chi connectivity index (χ1v) is 8.94. The second-order valence-corrected chi connectivity index (χ2v) is 6.87. The van der Waals surface area contributed by atoms with E-state index in [9.17, 15) is 4.79 Å². The van der Waals surface area contributed by atoms with Gasteiger partial charge in [-0.15, -0.1) is 0 Å². The minimum atomic E-state index is -0.0114. The lowest BCUT2D eigenvalue weighted by atomic mass is 9.91. The van der Waals surface area contributed by atoms with Crippen LogP contribution < -0.4 is 10.9 Å². The highest BCUT2D eigenvalue weighted by molar-refractivity contribution is 5.26. The molecular weight excluding hydrogens is 318 g/mol. The molecule has 132 valence electrons. The summed E-state index contributed by atoms with van der Waals surface area (Å²) in [7, 11) is 0. The van der Waals surface area contributed by atoms with Gasteiger partial charge in [-0.25, -0.2) is 14.6 Å². The molecule has 0 aromatic carbocycles. The predicted molar refractivity (Wildman–Crippen MR) is 93.5 cm³/mol. The summed E-state index contributed by atoms with van der Waals surface area (Å²) in [6.07, 6.45) is 6.40. The van der Waals surface area contributed by atoms with Gasteiger partial charge in [0.15, 0.2) is 0 Å². The van der Waals surface area contributed by atoms with Gasteiger partial charge in [0.25, 0.3) is 5.56 Å². The van der Waals surface area contributed by atoms with Gasteiger partial charge in [0.05, 0.1) is 24.9 Å². The van der Waals surface area contributed by atoms with E-state index >= 15 is 0 Å². The fourth-order valence-electron chi connectivity index (χ4n) is 3.66. The number of fused-ring (bicyclic) bond motifs is 1. The summed E-state index contributed by atoms with van der Waals surface area (Å²) in [5.41, 5.74) is 2.90. The van der Waals surface area contributed by atoms with Gasteiger partial charge in [0.2, 0.25) is 5.95 Å². The van der Waals surface area contributed by atoms with Gasteiger partial charge in [0, 0.05) is 36.0 Å². The van der Waals surface area contributed by atoms with Crippen molar-refractivity contribution in [3.8, 4) is 0 Å². The Morgan fingerprint density at radius 2 is 2.12 bits per heavy atom. The number of hydrogen-bond acceptors (Lipinski definition) is 6. The first-order chi connectivity index (χ1) is 12.2. The highest BCUT2D eigenvalue weighted by Crippen LogP contribution is 2.28. The summed E-state index contributed by atoms with van der Waals surface area (Å²) >= 11 is 0. The maximum absolute atomic E-state index is 12.4. The minimum Gasteiger partial charge on any atom is -0.376 e. The number of rotatable bonds is 3. The molecule has 1 N–H and O–H groups in total. The van der Waals surface area contributed by atoms with Gasteiger partial charge in [-0.3, -0.25) is 4.79 Å². The largest absolute Gasteiger partial charge is 0.376 e. The molecule has 0 unspecified atom stereocenters. The molecule has 7 nitrogen and oxygen atoms in total. The zero-order valence-electron chi connectivity index (χ0n) is 14.4. The molecule has 0 bridgehead atoms. The van der Waals surface area contributed by atoms with Crippen LogP contribution in [-0.2, 0) is 17.8 Å². The molecule has 2 aromatic rings. The summed E-state index contributed by atoms with van der Waals surface area (Å²) < 4.78 is 7.11. The van der Waals surface area contributed by atoms with Crippen molar-refractivity contribution in [1.82, 2.24) is 19.7 Å². The summed E-state index contributed by atoms with van der Waals surface area (Å²) in [5, 5.41) is 8.05. The molecule has 0 spiro atoms. The third kappa shape index (κ3) is 3.56. The average molecular weight is 341 g/mol. The van der Waals surface area contributed by atoms with Gasteiger partial charge >= 0.3 is 0 Å². The number of nitrogens with zero attached hydrogens (tertiary/aromatic N) is 4. The Balaban J connectivity index is 1.43. The summed E-state index contributed by atoms with van der Waals surface area (Å²) in [4.78, 5) is 21.1. The molecule has 1 saturated carbocycles. The van der Waals surface area contributed by atoms with Crippen LogP contribution in [0.2, 0.25) is 0 Å². The van der Waals surface area contributed by atoms with Crippen LogP contribution in [0.1, 0.15) is 48.7 Å². The average Bonchev–Trinajstić information content (AvgIpc) is 2.62. The molecule has 25 heavy (non-hydrogen) atoms. The van der Waals surface area contributed by atoms with E-state index in [0.29, 0.717) is 25.2 Å². The Labute approximate surface area is 146 Å². The number of nitrogens with one attached hydrogen (secondary N) is 1. The predicted octanol–water partition coefficient (Wildman–Crippen LogP) is 2.01. The fraction of sp³-hybridized carbons (Fsp3) is 0.556. The van der Waals surface area contributed by atoms with Crippen molar-refractivity contribution >= 4 is 5.95 Å². The van der Waals surface area contributed by atoms with Crippen molar-refractivity contribution in [2.75, 3.05) is 11.9 Å². The quantitative estimate of drug-likeness (QED) is 0.920. The van der Waals surface area contributed by atoms with Crippen LogP contribution in [0.3, 0.4) is 0 Å². The highest BCUT2D eigenvalue weighted by atomic mass is 16.5. The van der Waals surface area contributed by atoms with Crippen LogP contribution in [-0.4, -0.2) is 32.4 Å². The topological polar surface area (TPSA) is 81.9 Å². The molecule has 0 saturated heterocycles. The maximum atomic E-state index is 12.4. The van der Waals surface area contributed by atoms with Gasteiger partial charge in [-0.1, -0.05) is 0 Å². The van der Waals surface area contributed by atoms with Crippen LogP contribution in [0.25, 0.3) is 0 Å². The molecule has 1 aliphatic heterocycles. The molecule has 4 rings (SSSR count). The van der Waals surface area contributed by atoms with Crippen LogP contribution in [0.15, 0.2) is 23.1 Å². The second kappa shape index (κ2) is 6.92. The third-order valence-electron chi connectivity index (χ3n) is 5.03. The molecule has 2 aromatic heterocycles. The van der Waals surface area contributed by atoms with E-state index in [-0.39, 0.29) is 11.6 Å². The van der Waals surface area contributed by atoms with Crippen molar-refractivity contribution < 1.29 is 4.74 Å². The van der Waals surface area contributed by atoms with Gasteiger partial charge in [-0.05, 0) is 38.7 Å². The van der Waals surface area contributed by atoms with Crippen molar-refractivity contribution in [3.63, 3.8) is 0 Å². The molecule has 3 heterocycles. The fourth-order valence-corrected chi connectivity index (χ4v) is 3.66. The van der Waals surface area contributed by atoms with Crippen LogP contribution >= 0.6 is 0 Å². The number of ether oxygens (including phenoxy) is 1. The van der Waals surface area contributed by atoms with Crippen molar-refractivity contribution in [1.29, 1.82) is 0 Å². The number of anilines is 1. The van der Waals surface area contributed by atoms with Gasteiger partial charge in [0.1, 0.15) is 0 Å². The Morgan fingerprint density at radius 3 is 2.92 bits per heavy atom. The number of hydrogen-bond donors (Lipinski definition) is 1. The molecule has 0 atom stereocenters. The minimum absolute atomic E-state index is 0.0114. The first-order valence-electron chi connectivity index (χ1n) is 8.94. The number of aryl methyl sites for hydroxylation is 1. The summed E-state index contributed by atoms with van der Waals surface area (Å²) in [6, 6.07) is 4.12. The van der Waals surface area contributed by atoms with Gasteiger partial charge in [-0.2, -0.15) is 5.10 Å². The van der Waals surface area contributed by atoms with Gasteiger partial charge < -0.3 is 10.1 Å². The molecule has 1 fully saturated rings. The Bertz CT molecular complexity index is 811. The molecule has 0 radical (unpaired) electrons. The standard InChI is InChI=1S/C18H23N5O2/c1-12-6-8-19-18(20-12)21-14-2-4-15(5-3-14)23-17(24)10-13-11-25-9-7-16(13)22-23/h6,8,10,14-15H,2-5,7,9,11H2,1H3,(H,19,20,21). The van der Waals surface area contributed by atoms with E-state index in [1.54, 1.807) is 16.9 Å². The molecular formula is C18H23N5O2. The zero-order valence-corrected chi connectivity index (χ0v) is 14.4. The summed E-state index contributed by atoms with van der Waals surface area (Å²) in [5.74, 6) is 0.688. The Morgan fingerprint density at radius 1 is 1.28 bits per heavy atom. The Hall–Kier alpha value is -2.28. The van der Waals surface area contributed by atoms with E-state index in [4.69, 9.17) is 4.74 Å². The lowest BCUT2D eigenvalue weighted by Crippen LogP contribution is -2.35. The van der Waals surface area contributed by atoms with Crippen LogP contribution in [0.5, 0.6) is 0 Å². The van der Waals surface area contributed by atoms with Crippen molar-refractivity contribution in [2.45, 2.75) is 57.7 Å². The normalized spacial score (nSPS) is 23.1. The maximum Gasteiger partial charge on any atom is 0.267 e. The third-order valence-corrected chi connectivity index (χ3v) is 5.03. The molecule has 2 aliphatic rings. The SMILES string of the molecule is Cc1ccnc(NC2CCC(n3nc4c(cc3=O)COCC4)CC2)n1. The van der Waals surface area contributed by atoms with Crippen LogP contribution in [0.4, 0.5) is 5.95 Å². The molecule has 1 aliphatic carbocycles. The number of aromatic nitrogens is 4. The first kappa shape index (κ1) is 16.2. The highest BCUT2D eigenvalue weighted by Gasteiger charge is 2.25. The lowest BCUT2D eigenvalue weighted by molar-refractivity contribution is 0.107. The lowest BCUT2D eigenvalue weighted by Gasteiger charge is -2.30. The monoisotopic (exact) mass is 341 g/mol. The van der Waals surface area contributed by atoms with E-state index < -0.39 is 0 Å². The molecule has 0 amide bonds. The Kier molecular flexibility index (Phi) is 4.48. The van der Waals surface area contributed by atoms with E-state index in [1.807, 2.05) is 13.0 Å². The van der Waals surface area contributed by atoms with E-state index in [0.717, 1.165) is 49.1 Å². The van der Waals surface area contributed by atoms with Crippen molar-refractivity contribution in [3.05, 3.63) is 45.6 Å². The van der Waals surface area contributed by atoms with E-state index in [2.05, 4.69) is 20.4 Å². The smallest absolute Gasteiger partial charge is 0.267 e. The summed E-state index contributed by atoms with van der Waals surface area (Å²) in [6.45, 7) is 3.15. The zero-order chi connectivity index (χ0) is 17.2. The van der Waals surface area contributed by atoms with Crippen LogP contribution in [0, 0.1) is 6.92 Å². The molecule has 7 heteroatoms. The van der Waals surface area contributed by atoms with Crippen molar-refractivity contribution in [2.24, 2.45) is 0 Å². The second-order valence-electron chi connectivity index (χ2n) is 6.87.